The largest absolute Gasteiger partial charge is 0.484 e. The Morgan fingerprint density at radius 3 is 2.67 bits per heavy atom. The summed E-state index contributed by atoms with van der Waals surface area (Å²) in [6.45, 7) is 4.54. The summed E-state index contributed by atoms with van der Waals surface area (Å²) in [4.78, 5) is 21.7. The van der Waals surface area contributed by atoms with Crippen LogP contribution in [0.25, 0.3) is 0 Å². The molecule has 114 valence electrons. The Hall–Kier alpha value is -2.19. The molecule has 2 atom stereocenters. The lowest BCUT2D eigenvalue weighted by atomic mass is 9.87. The quantitative estimate of drug-likeness (QED) is 0.553. The van der Waals surface area contributed by atoms with Crippen LogP contribution >= 0.6 is 0 Å². The molecule has 1 heterocycles. The lowest BCUT2D eigenvalue weighted by molar-refractivity contribution is -0.384. The zero-order valence-corrected chi connectivity index (χ0v) is 11.9. The molecule has 8 heteroatoms. The number of hydrogen-bond donors (Lipinski definition) is 3. The van der Waals surface area contributed by atoms with Crippen molar-refractivity contribution in [1.82, 2.24) is 0 Å². The van der Waals surface area contributed by atoms with Gasteiger partial charge < -0.3 is 20.9 Å². The van der Waals surface area contributed by atoms with Gasteiger partial charge in [0.15, 0.2) is 0 Å². The van der Waals surface area contributed by atoms with Crippen molar-refractivity contribution in [3.05, 3.63) is 27.8 Å². The van der Waals surface area contributed by atoms with Gasteiger partial charge in [-0.1, -0.05) is 0 Å². The summed E-state index contributed by atoms with van der Waals surface area (Å²) in [5, 5.41) is 23.6. The molecule has 2 rings (SSSR count). The van der Waals surface area contributed by atoms with E-state index in [-0.39, 0.29) is 17.1 Å². The Balaban J connectivity index is 2.59. The molecule has 1 aromatic carbocycles. The third-order valence-electron chi connectivity index (χ3n) is 3.42. The minimum absolute atomic E-state index is 0.0252. The van der Waals surface area contributed by atoms with Crippen LogP contribution in [-0.4, -0.2) is 27.6 Å². The third-order valence-corrected chi connectivity index (χ3v) is 3.42. The summed E-state index contributed by atoms with van der Waals surface area (Å²) in [7, 11) is 0. The average molecular weight is 295 g/mol. The molecule has 1 aromatic rings. The first-order valence-corrected chi connectivity index (χ1v) is 6.36. The molecule has 0 aromatic heterocycles. The van der Waals surface area contributed by atoms with Crippen molar-refractivity contribution in [2.45, 2.75) is 38.5 Å². The summed E-state index contributed by atoms with van der Waals surface area (Å²) in [6.07, 6.45) is -0.975. The molecule has 0 unspecified atom stereocenters. The maximum absolute atomic E-state index is 11.2. The standard InChI is InChI=1S/C13H17N3O5/c1-6(17)15-8-4-7-10(5-9(8)16(19)20)21-13(2,3)12(18)11(7)14/h4-5,11-12,18H,14H2,1-3H3,(H,15,17)/t11-,12+/m0/s1. The van der Waals surface area contributed by atoms with Crippen LogP contribution in [0, 0.1) is 10.1 Å². The smallest absolute Gasteiger partial charge is 0.296 e. The van der Waals surface area contributed by atoms with Gasteiger partial charge >= 0.3 is 0 Å². The second-order valence-electron chi connectivity index (χ2n) is 5.52. The number of aliphatic hydroxyl groups is 1. The molecule has 8 nitrogen and oxygen atoms in total. The summed E-state index contributed by atoms with van der Waals surface area (Å²) in [6, 6.07) is 1.82. The van der Waals surface area contributed by atoms with E-state index < -0.39 is 28.6 Å². The van der Waals surface area contributed by atoms with Crippen LogP contribution < -0.4 is 15.8 Å². The second kappa shape index (κ2) is 4.97. The van der Waals surface area contributed by atoms with Gasteiger partial charge in [-0.05, 0) is 19.9 Å². The van der Waals surface area contributed by atoms with Gasteiger partial charge in [0, 0.05) is 12.5 Å². The van der Waals surface area contributed by atoms with E-state index in [0.717, 1.165) is 0 Å². The fraction of sp³-hybridized carbons (Fsp3) is 0.462. The number of carbonyl (C=O) groups is 1. The van der Waals surface area contributed by atoms with Crippen LogP contribution in [0.4, 0.5) is 11.4 Å². The minimum atomic E-state index is -0.975. The number of hydrogen-bond acceptors (Lipinski definition) is 6. The van der Waals surface area contributed by atoms with Crippen LogP contribution in [0.2, 0.25) is 0 Å². The van der Waals surface area contributed by atoms with Gasteiger partial charge in [0.25, 0.3) is 5.69 Å². The van der Waals surface area contributed by atoms with E-state index in [0.29, 0.717) is 5.56 Å². The first kappa shape index (κ1) is 15.2. The molecule has 0 spiro atoms. The van der Waals surface area contributed by atoms with Crippen LogP contribution in [0.1, 0.15) is 32.4 Å². The van der Waals surface area contributed by atoms with Crippen LogP contribution in [0.15, 0.2) is 12.1 Å². The summed E-state index contributed by atoms with van der Waals surface area (Å²) < 4.78 is 5.61. The summed E-state index contributed by atoms with van der Waals surface area (Å²) in [5.74, 6) is -0.206. The Bertz CT molecular complexity index is 614. The number of fused-ring (bicyclic) bond motifs is 1. The number of carbonyl (C=O) groups excluding carboxylic acids is 1. The van der Waals surface area contributed by atoms with Crippen molar-refractivity contribution in [1.29, 1.82) is 0 Å². The molecule has 1 aliphatic rings. The fourth-order valence-electron chi connectivity index (χ4n) is 2.32. The molecule has 1 amide bonds. The van der Waals surface area contributed by atoms with Gasteiger partial charge in [0.2, 0.25) is 5.91 Å². The van der Waals surface area contributed by atoms with E-state index >= 15 is 0 Å². The number of nitro groups is 1. The fourth-order valence-corrected chi connectivity index (χ4v) is 2.32. The van der Waals surface area contributed by atoms with E-state index in [1.165, 1.54) is 19.1 Å². The van der Waals surface area contributed by atoms with E-state index in [2.05, 4.69) is 5.32 Å². The molecule has 0 aliphatic carbocycles. The van der Waals surface area contributed by atoms with Gasteiger partial charge in [0.1, 0.15) is 23.1 Å². The Labute approximate surface area is 121 Å². The first-order valence-electron chi connectivity index (χ1n) is 6.36. The normalized spacial score (nSPS) is 22.9. The number of aliphatic hydroxyl groups excluding tert-OH is 1. The maximum Gasteiger partial charge on any atom is 0.296 e. The van der Waals surface area contributed by atoms with Crippen molar-refractivity contribution in [3.8, 4) is 5.75 Å². The third kappa shape index (κ3) is 2.67. The molecule has 0 bridgehead atoms. The Kier molecular flexibility index (Phi) is 3.60. The van der Waals surface area contributed by atoms with Crippen molar-refractivity contribution < 1.29 is 19.6 Å². The topological polar surface area (TPSA) is 128 Å². The van der Waals surface area contributed by atoms with Crippen LogP contribution in [-0.2, 0) is 4.79 Å². The molecule has 1 aliphatic heterocycles. The molecular weight excluding hydrogens is 278 g/mol. The highest BCUT2D eigenvalue weighted by Crippen LogP contribution is 2.43. The highest BCUT2D eigenvalue weighted by Gasteiger charge is 2.42. The molecule has 0 fully saturated rings. The van der Waals surface area contributed by atoms with Gasteiger partial charge in [-0.3, -0.25) is 14.9 Å². The molecule has 0 radical (unpaired) electrons. The summed E-state index contributed by atoms with van der Waals surface area (Å²) in [5.41, 5.74) is 5.17. The molecule has 0 saturated heterocycles. The number of nitrogens with one attached hydrogen (secondary N) is 1. The molecule has 4 N–H and O–H groups in total. The first-order chi connectivity index (χ1) is 9.63. The number of ether oxygens (including phenoxy) is 1. The minimum Gasteiger partial charge on any atom is -0.484 e. The number of benzene rings is 1. The van der Waals surface area contributed by atoms with E-state index in [1.807, 2.05) is 0 Å². The SMILES string of the molecule is CC(=O)Nc1cc2c(cc1[N+](=O)[O-])OC(C)(C)[C@H](O)[C@H]2N. The Morgan fingerprint density at radius 2 is 2.14 bits per heavy atom. The predicted octanol–water partition coefficient (Wildman–Crippen LogP) is 1.08. The molecule has 0 saturated carbocycles. The molecule has 21 heavy (non-hydrogen) atoms. The second-order valence-corrected chi connectivity index (χ2v) is 5.52. The zero-order valence-electron chi connectivity index (χ0n) is 11.9. The van der Waals surface area contributed by atoms with E-state index in [4.69, 9.17) is 10.5 Å². The lowest BCUT2D eigenvalue weighted by Gasteiger charge is -2.40. The lowest BCUT2D eigenvalue weighted by Crippen LogP contribution is -2.51. The maximum atomic E-state index is 11.2. The number of nitrogens with zero attached hydrogens (tertiary/aromatic N) is 1. The van der Waals surface area contributed by atoms with E-state index in [1.54, 1.807) is 13.8 Å². The number of nitrogens with two attached hydrogens (primary N) is 1. The van der Waals surface area contributed by atoms with Crippen molar-refractivity contribution in [2.75, 3.05) is 5.32 Å². The van der Waals surface area contributed by atoms with Crippen molar-refractivity contribution >= 4 is 17.3 Å². The number of anilines is 1. The van der Waals surface area contributed by atoms with Gasteiger partial charge in [0.05, 0.1) is 17.0 Å². The van der Waals surface area contributed by atoms with Crippen molar-refractivity contribution in [2.24, 2.45) is 5.73 Å². The van der Waals surface area contributed by atoms with Gasteiger partial charge in [-0.15, -0.1) is 0 Å². The van der Waals surface area contributed by atoms with Crippen LogP contribution in [0.3, 0.4) is 0 Å². The number of amides is 1. The van der Waals surface area contributed by atoms with E-state index in [9.17, 15) is 20.0 Å². The van der Waals surface area contributed by atoms with Crippen LogP contribution in [0.5, 0.6) is 5.75 Å². The zero-order chi connectivity index (χ0) is 15.9. The summed E-state index contributed by atoms with van der Waals surface area (Å²) >= 11 is 0. The average Bonchev–Trinajstić information content (AvgIpc) is 2.35. The number of nitro benzene ring substituents is 1. The Morgan fingerprint density at radius 1 is 1.52 bits per heavy atom. The number of rotatable bonds is 2. The van der Waals surface area contributed by atoms with Crippen molar-refractivity contribution in [3.63, 3.8) is 0 Å². The highest BCUT2D eigenvalue weighted by molar-refractivity contribution is 5.91. The highest BCUT2D eigenvalue weighted by atomic mass is 16.6. The van der Waals surface area contributed by atoms with Gasteiger partial charge in [-0.25, -0.2) is 0 Å². The molecular formula is C13H17N3O5. The monoisotopic (exact) mass is 295 g/mol. The predicted molar refractivity (Wildman–Crippen MR) is 75.0 cm³/mol. The van der Waals surface area contributed by atoms with Gasteiger partial charge in [-0.2, -0.15) is 0 Å².